The molecule has 0 bridgehead atoms. The van der Waals surface area contributed by atoms with Crippen molar-refractivity contribution in [3.8, 4) is 56.4 Å². The van der Waals surface area contributed by atoms with Crippen LogP contribution in [0.3, 0.4) is 0 Å². The molecule has 286 valence electrons. The van der Waals surface area contributed by atoms with Gasteiger partial charge in [-0.3, -0.25) is 0 Å². The van der Waals surface area contributed by atoms with Crippen LogP contribution in [0.1, 0.15) is 27.8 Å². The van der Waals surface area contributed by atoms with Gasteiger partial charge in [-0.2, -0.15) is 0 Å². The summed E-state index contributed by atoms with van der Waals surface area (Å²) in [5, 5.41) is 5.25. The number of hydrogen-bond acceptors (Lipinski definition) is 5. The Hall–Kier alpha value is -6.79. The van der Waals surface area contributed by atoms with Gasteiger partial charge in [-0.1, -0.05) is 157 Å². The number of aryl methyl sites for hydroxylation is 3. The highest BCUT2D eigenvalue weighted by atomic mass is 32.1. The molecule has 1 aliphatic rings. The van der Waals surface area contributed by atoms with Gasteiger partial charge < -0.3 is 0 Å². The minimum Gasteiger partial charge on any atom is -0.208 e. The predicted octanol–water partition coefficient (Wildman–Crippen LogP) is 15.5. The van der Waals surface area contributed by atoms with Crippen molar-refractivity contribution in [3.63, 3.8) is 0 Å². The van der Waals surface area contributed by atoms with Gasteiger partial charge in [0.1, 0.15) is 0 Å². The first-order chi connectivity index (χ1) is 29.5. The summed E-state index contributed by atoms with van der Waals surface area (Å²) in [6.07, 6.45) is 0.884. The highest BCUT2D eigenvalue weighted by Gasteiger charge is 2.24. The van der Waals surface area contributed by atoms with E-state index in [-0.39, 0.29) is 0 Å². The van der Waals surface area contributed by atoms with Crippen molar-refractivity contribution in [2.24, 2.45) is 0 Å². The van der Waals surface area contributed by atoms with Gasteiger partial charge in [-0.05, 0) is 84.3 Å². The second-order valence-corrected chi connectivity index (χ2v) is 17.8. The first kappa shape index (κ1) is 36.3. The van der Waals surface area contributed by atoms with Gasteiger partial charge in [0, 0.05) is 62.6 Å². The lowest BCUT2D eigenvalue weighted by Gasteiger charge is -2.12. The van der Waals surface area contributed by atoms with E-state index < -0.39 is 0 Å². The van der Waals surface area contributed by atoms with E-state index in [9.17, 15) is 0 Å². The molecule has 0 saturated carbocycles. The van der Waals surface area contributed by atoms with Crippen LogP contribution in [0.4, 0.5) is 0 Å². The van der Waals surface area contributed by atoms with Gasteiger partial charge in [0.25, 0.3) is 0 Å². The summed E-state index contributed by atoms with van der Waals surface area (Å²) in [4.78, 5) is 15.3. The highest BCUT2D eigenvalue weighted by Crippen LogP contribution is 2.44. The third kappa shape index (κ3) is 6.21. The Labute approximate surface area is 357 Å². The van der Waals surface area contributed by atoms with Crippen LogP contribution in [0.2, 0.25) is 0 Å². The highest BCUT2D eigenvalue weighted by molar-refractivity contribution is 7.26. The molecule has 0 spiro atoms. The van der Waals surface area contributed by atoms with Crippen molar-refractivity contribution in [2.45, 2.75) is 27.2 Å². The molecular weight excluding hydrogens is 767 g/mol. The average Bonchev–Trinajstić information content (AvgIpc) is 3.98. The summed E-state index contributed by atoms with van der Waals surface area (Å²) in [6, 6.07) is 60.4. The van der Waals surface area contributed by atoms with Crippen molar-refractivity contribution in [1.82, 2.24) is 15.0 Å². The van der Waals surface area contributed by atoms with Gasteiger partial charge in [0.2, 0.25) is 0 Å². The third-order valence-electron chi connectivity index (χ3n) is 11.8. The number of benzene rings is 8. The van der Waals surface area contributed by atoms with E-state index in [1.807, 2.05) is 29.5 Å². The van der Waals surface area contributed by atoms with Gasteiger partial charge in [0.15, 0.2) is 17.5 Å². The van der Waals surface area contributed by atoms with Crippen molar-refractivity contribution < 1.29 is 0 Å². The maximum absolute atomic E-state index is 5.16. The van der Waals surface area contributed by atoms with E-state index in [4.69, 9.17) is 15.0 Å². The molecule has 0 amide bonds. The maximum Gasteiger partial charge on any atom is 0.165 e. The zero-order valence-electron chi connectivity index (χ0n) is 33.5. The third-order valence-corrected chi connectivity index (χ3v) is 14.2. The molecule has 3 nitrogen and oxygen atoms in total. The number of aromatic nitrogens is 3. The molecule has 0 N–H and O–H groups in total. The zero-order valence-corrected chi connectivity index (χ0v) is 35.2. The van der Waals surface area contributed by atoms with Crippen molar-refractivity contribution in [1.29, 1.82) is 0 Å². The zero-order chi connectivity index (χ0) is 40.3. The summed E-state index contributed by atoms with van der Waals surface area (Å²) < 4.78 is 5.25. The first-order valence-corrected chi connectivity index (χ1v) is 22.0. The molecule has 0 aliphatic heterocycles. The molecule has 5 heteroatoms. The number of hydrogen-bond donors (Lipinski definition) is 0. The monoisotopic (exact) mass is 805 g/mol. The molecule has 0 atom stereocenters. The Morgan fingerprint density at radius 3 is 1.77 bits per heavy atom. The van der Waals surface area contributed by atoms with Crippen LogP contribution >= 0.6 is 22.7 Å². The van der Waals surface area contributed by atoms with E-state index in [0.29, 0.717) is 11.6 Å². The lowest BCUT2D eigenvalue weighted by atomic mass is 9.95. The van der Waals surface area contributed by atoms with Crippen LogP contribution in [0, 0.1) is 20.8 Å². The Kier molecular flexibility index (Phi) is 8.95. The summed E-state index contributed by atoms with van der Waals surface area (Å²) in [5.74, 6) is 2.12. The standard InChI is InChI=1S/C35H23N3S.C20H16S/c1-21-17-18-23-20-30-24(29(23)19-21)12-7-14-27(30)34-36-33(22-9-3-2-4-10-22)37-35(38-34)28-15-8-13-26-25-11-5-6-16-31(25)39-32(26)28;1-13-7-3-4-8-15(13)19-14(2)11-12-17-16-9-5-6-10-18(16)21-20(17)19/h2-19H,20H2,1H3;3-12H,1-2H3. The second-order valence-electron chi connectivity index (χ2n) is 15.7. The molecule has 11 aromatic rings. The lowest BCUT2D eigenvalue weighted by Crippen LogP contribution is -2.01. The molecule has 0 unspecified atom stereocenters. The average molecular weight is 806 g/mol. The summed E-state index contributed by atoms with van der Waals surface area (Å²) in [5.41, 5.74) is 15.1. The topological polar surface area (TPSA) is 38.7 Å². The number of rotatable bonds is 4. The van der Waals surface area contributed by atoms with Crippen molar-refractivity contribution >= 4 is 63.0 Å². The largest absolute Gasteiger partial charge is 0.208 e. The van der Waals surface area contributed by atoms with Crippen LogP contribution < -0.4 is 0 Å². The molecule has 12 rings (SSSR count). The molecule has 60 heavy (non-hydrogen) atoms. The molecule has 3 aromatic heterocycles. The minimum absolute atomic E-state index is 0.692. The fourth-order valence-corrected chi connectivity index (χ4v) is 11.4. The number of thiophene rings is 2. The van der Waals surface area contributed by atoms with E-state index in [0.717, 1.165) is 28.9 Å². The van der Waals surface area contributed by atoms with E-state index in [1.165, 1.54) is 90.4 Å². The van der Waals surface area contributed by atoms with Crippen LogP contribution in [0.25, 0.3) is 96.8 Å². The molecule has 3 heterocycles. The molecule has 8 aromatic carbocycles. The Balaban J connectivity index is 0.000000164. The lowest BCUT2D eigenvalue weighted by molar-refractivity contribution is 1.07. The van der Waals surface area contributed by atoms with E-state index in [1.54, 1.807) is 11.3 Å². The van der Waals surface area contributed by atoms with Gasteiger partial charge >= 0.3 is 0 Å². The smallest absolute Gasteiger partial charge is 0.165 e. The predicted molar refractivity (Wildman–Crippen MR) is 256 cm³/mol. The van der Waals surface area contributed by atoms with Crippen molar-refractivity contribution in [3.05, 3.63) is 198 Å². The molecule has 0 radical (unpaired) electrons. The second kappa shape index (κ2) is 14.8. The Morgan fingerprint density at radius 2 is 0.983 bits per heavy atom. The van der Waals surface area contributed by atoms with E-state index in [2.05, 4.69) is 172 Å². The van der Waals surface area contributed by atoms with E-state index >= 15 is 0 Å². The molecular formula is C55H39N3S2. The van der Waals surface area contributed by atoms with Crippen LogP contribution in [0.15, 0.2) is 170 Å². The minimum atomic E-state index is 0.692. The quantitative estimate of drug-likeness (QED) is 0.178. The normalized spacial score (nSPS) is 11.8. The SMILES string of the molecule is Cc1ccc2c(c1)-c1cccc(-c3nc(-c4ccccc4)nc(-c4cccc5c4sc4ccccc45)n3)c1C2.Cc1ccccc1-c1c(C)ccc2c1sc1ccccc12. The fraction of sp³-hybridized carbons (Fsp3) is 0.0727. The number of fused-ring (bicyclic) bond motifs is 9. The van der Waals surface area contributed by atoms with Gasteiger partial charge in [-0.25, -0.2) is 15.0 Å². The molecule has 1 aliphatic carbocycles. The first-order valence-electron chi connectivity index (χ1n) is 20.4. The fourth-order valence-electron chi connectivity index (χ4n) is 8.86. The van der Waals surface area contributed by atoms with Crippen molar-refractivity contribution in [2.75, 3.05) is 0 Å². The Morgan fingerprint density at radius 1 is 0.400 bits per heavy atom. The maximum atomic E-state index is 5.16. The Bertz CT molecular complexity index is 3450. The van der Waals surface area contributed by atoms with Crippen LogP contribution in [-0.4, -0.2) is 15.0 Å². The van der Waals surface area contributed by atoms with Gasteiger partial charge in [-0.15, -0.1) is 22.7 Å². The molecule has 0 fully saturated rings. The summed E-state index contributed by atoms with van der Waals surface area (Å²) in [6.45, 7) is 6.56. The molecule has 0 saturated heterocycles. The summed E-state index contributed by atoms with van der Waals surface area (Å²) >= 11 is 3.71. The van der Waals surface area contributed by atoms with Crippen LogP contribution in [-0.2, 0) is 6.42 Å². The van der Waals surface area contributed by atoms with Gasteiger partial charge in [0.05, 0.1) is 0 Å². The van der Waals surface area contributed by atoms with Crippen LogP contribution in [0.5, 0.6) is 0 Å². The summed E-state index contributed by atoms with van der Waals surface area (Å²) in [7, 11) is 0. The number of nitrogens with zero attached hydrogens (tertiary/aromatic N) is 3.